The maximum Gasteiger partial charge on any atom is 0.348 e. The highest BCUT2D eigenvalue weighted by Crippen LogP contribution is 2.34. The van der Waals surface area contributed by atoms with Gasteiger partial charge in [-0.15, -0.1) is 11.3 Å². The number of primary amides is 2. The minimum absolute atomic E-state index is 0.0700. The Hall–Kier alpha value is -7.76. The summed E-state index contributed by atoms with van der Waals surface area (Å²) in [6.45, 7) is 8.13. The largest absolute Gasteiger partial charge is 0.620 e. The molecule has 6 aromatic rings. The number of ether oxygens (including phenoxy) is 2. The zero-order chi connectivity index (χ0) is 49.0. The van der Waals surface area contributed by atoms with Gasteiger partial charge in [-0.2, -0.15) is 5.10 Å². The Kier molecular flexibility index (Phi) is 14.2. The predicted octanol–water partition coefficient (Wildman–Crippen LogP) is 4.19. The molecule has 1 aliphatic rings. The Morgan fingerprint density at radius 3 is 2.03 bits per heavy atom. The van der Waals surface area contributed by atoms with Crippen LogP contribution in [0.3, 0.4) is 0 Å². The zero-order valence-electron chi connectivity index (χ0n) is 38.3. The van der Waals surface area contributed by atoms with E-state index in [0.29, 0.717) is 62.9 Å². The molecule has 0 bridgehead atoms. The molecule has 0 aliphatic carbocycles. The van der Waals surface area contributed by atoms with Crippen molar-refractivity contribution in [2.45, 2.75) is 66.6 Å². The van der Waals surface area contributed by atoms with Gasteiger partial charge in [0.25, 0.3) is 11.8 Å². The summed E-state index contributed by atoms with van der Waals surface area (Å²) in [5.41, 5.74) is 14.7. The number of hydroxylamine groups is 3. The van der Waals surface area contributed by atoms with Crippen molar-refractivity contribution < 1.29 is 42.9 Å². The average Bonchev–Trinajstić information content (AvgIpc) is 4.08. The number of carbonyl (C=O) groups excluding carboxylic acids is 6. The van der Waals surface area contributed by atoms with Crippen LogP contribution in [0.5, 0.6) is 11.5 Å². The summed E-state index contributed by atoms with van der Waals surface area (Å²) in [5.74, 6) is -2.49. The Bertz CT molecular complexity index is 3050. The van der Waals surface area contributed by atoms with Crippen LogP contribution in [0.2, 0.25) is 0 Å². The van der Waals surface area contributed by atoms with Crippen LogP contribution in [0.4, 0.5) is 11.9 Å². The number of aromatic nitrogens is 7. The van der Waals surface area contributed by atoms with Crippen LogP contribution in [-0.2, 0) is 35.6 Å². The fourth-order valence-corrected chi connectivity index (χ4v) is 8.55. The van der Waals surface area contributed by atoms with E-state index < -0.39 is 34.2 Å². The van der Waals surface area contributed by atoms with E-state index in [2.05, 4.69) is 25.7 Å². The van der Waals surface area contributed by atoms with Gasteiger partial charge < -0.3 is 40.2 Å². The Morgan fingerprint density at radius 2 is 1.49 bits per heavy atom. The molecule has 68 heavy (non-hydrogen) atoms. The van der Waals surface area contributed by atoms with Gasteiger partial charge in [-0.25, -0.2) is 19.7 Å². The normalized spacial score (nSPS) is 14.4. The molecule has 7 rings (SSSR count). The van der Waals surface area contributed by atoms with Gasteiger partial charge in [0.05, 0.1) is 60.2 Å². The molecular formula is C45H51N13O9S. The summed E-state index contributed by atoms with van der Waals surface area (Å²) >= 11 is 1.25. The van der Waals surface area contributed by atoms with E-state index in [1.807, 2.05) is 20.8 Å². The van der Waals surface area contributed by atoms with Crippen LogP contribution in [0.25, 0.3) is 22.1 Å². The summed E-state index contributed by atoms with van der Waals surface area (Å²) in [5, 5.41) is 23.3. The molecule has 2 aromatic carbocycles. The van der Waals surface area contributed by atoms with Crippen LogP contribution in [0.1, 0.15) is 84.0 Å². The second-order valence-electron chi connectivity index (χ2n) is 15.9. The van der Waals surface area contributed by atoms with Crippen molar-refractivity contribution in [1.82, 2.24) is 38.8 Å². The standard InChI is InChI=1S/C45H51N13O9S/c1-7-29-39(68-26(4)48-29)43(64)52-45-50-31-22-28(41(47)62)24-34(67-19-11-14-54(5)35(59)12-17-58(65)18-13-36(58)60)38(31)56(45)16-10-9-15-55-37-30(21-27(40(46)61)23-33(37)66-6)49-44(55)51-42(63)32-20-25(3)53-57(32)8-2/h9-10,13,18,20-24H,7-8,11-12,14-17,19H2,1-6H3,(H2,46,61)(H2,47,62)(H,49,51,63)(H,50,52,64)/b10-9+. The first-order chi connectivity index (χ1) is 32.4. The number of hydrogen-bond acceptors (Lipinski definition) is 14. The molecule has 1 atom stereocenters. The number of aryl methyl sites for hydroxylation is 4. The number of thiazole rings is 1. The van der Waals surface area contributed by atoms with E-state index in [1.54, 1.807) is 46.0 Å². The number of carbonyl (C=O) groups is 6. The molecule has 6 N–H and O–H groups in total. The average molecular weight is 950 g/mol. The van der Waals surface area contributed by atoms with E-state index in [-0.39, 0.29) is 85.2 Å². The number of fused-ring (bicyclic) bond motifs is 2. The van der Waals surface area contributed by atoms with E-state index in [9.17, 15) is 34.0 Å². The number of rotatable bonds is 21. The molecule has 23 heteroatoms. The van der Waals surface area contributed by atoms with Crippen molar-refractivity contribution >= 4 is 80.7 Å². The van der Waals surface area contributed by atoms with Crippen molar-refractivity contribution in [2.24, 2.45) is 11.5 Å². The molecule has 0 fully saturated rings. The van der Waals surface area contributed by atoms with Crippen LogP contribution in [0.15, 0.2) is 54.8 Å². The van der Waals surface area contributed by atoms with Gasteiger partial charge in [0.15, 0.2) is 0 Å². The third kappa shape index (κ3) is 9.99. The highest BCUT2D eigenvalue weighted by molar-refractivity contribution is 7.13. The summed E-state index contributed by atoms with van der Waals surface area (Å²) < 4.78 is 15.8. The fraction of sp³-hybridized carbons (Fsp3) is 0.333. The minimum atomic E-state index is -1.16. The Labute approximate surface area is 393 Å². The van der Waals surface area contributed by atoms with Crippen molar-refractivity contribution in [2.75, 3.05) is 44.5 Å². The number of nitrogens with one attached hydrogen (secondary N) is 2. The van der Waals surface area contributed by atoms with Crippen LogP contribution in [0, 0.1) is 19.1 Å². The molecule has 0 saturated heterocycles. The molecule has 5 heterocycles. The summed E-state index contributed by atoms with van der Waals surface area (Å²) in [6, 6.07) is 7.64. The third-order valence-electron chi connectivity index (χ3n) is 11.2. The van der Waals surface area contributed by atoms with Gasteiger partial charge in [0, 0.05) is 44.4 Å². The fourth-order valence-electron chi connectivity index (χ4n) is 7.64. The van der Waals surface area contributed by atoms with E-state index in [0.717, 1.165) is 0 Å². The number of anilines is 2. The van der Waals surface area contributed by atoms with Crippen LogP contribution in [-0.4, -0.2) is 113 Å². The molecule has 1 aliphatic heterocycles. The second kappa shape index (κ2) is 20.0. The van der Waals surface area contributed by atoms with E-state index in [1.165, 1.54) is 59.9 Å². The second-order valence-corrected chi connectivity index (χ2v) is 17.1. The van der Waals surface area contributed by atoms with Crippen molar-refractivity contribution in [1.29, 1.82) is 0 Å². The number of methoxy groups -OCH3 is 1. The number of amides is 6. The first kappa shape index (κ1) is 48.2. The number of imidazole rings is 2. The minimum Gasteiger partial charge on any atom is -0.620 e. The van der Waals surface area contributed by atoms with Crippen LogP contribution < -0.4 is 31.6 Å². The topological polar surface area (TPSA) is 290 Å². The molecule has 22 nitrogen and oxygen atoms in total. The summed E-state index contributed by atoms with van der Waals surface area (Å²) in [6.07, 6.45) is 6.72. The smallest absolute Gasteiger partial charge is 0.348 e. The molecule has 6 amide bonds. The highest BCUT2D eigenvalue weighted by Gasteiger charge is 2.32. The molecular weight excluding hydrogens is 899 g/mol. The lowest BCUT2D eigenvalue weighted by molar-refractivity contribution is -0.758. The molecule has 1 unspecified atom stereocenters. The van der Waals surface area contributed by atoms with Crippen molar-refractivity contribution in [3.8, 4) is 11.5 Å². The predicted molar refractivity (Wildman–Crippen MR) is 252 cm³/mol. The number of hydrogen-bond donors (Lipinski definition) is 4. The maximum absolute atomic E-state index is 13.9. The number of quaternary nitrogens is 1. The first-order valence-electron chi connectivity index (χ1n) is 21.6. The van der Waals surface area contributed by atoms with Gasteiger partial charge in [-0.3, -0.25) is 43.9 Å². The van der Waals surface area contributed by atoms with E-state index >= 15 is 0 Å². The molecule has 4 aromatic heterocycles. The molecule has 0 spiro atoms. The maximum atomic E-state index is 13.9. The lowest BCUT2D eigenvalue weighted by atomic mass is 10.1. The van der Waals surface area contributed by atoms with Crippen molar-refractivity contribution in [3.05, 3.63) is 98.1 Å². The summed E-state index contributed by atoms with van der Waals surface area (Å²) in [7, 11) is 3.02. The lowest BCUT2D eigenvalue weighted by Gasteiger charge is -2.39. The van der Waals surface area contributed by atoms with Gasteiger partial charge in [0.1, 0.15) is 39.3 Å². The summed E-state index contributed by atoms with van der Waals surface area (Å²) in [4.78, 5) is 92.7. The zero-order valence-corrected chi connectivity index (χ0v) is 39.1. The Balaban J connectivity index is 1.21. The first-order valence-corrected chi connectivity index (χ1v) is 22.5. The molecule has 0 saturated carbocycles. The highest BCUT2D eigenvalue weighted by atomic mass is 32.1. The van der Waals surface area contributed by atoms with Crippen LogP contribution >= 0.6 is 11.3 Å². The monoisotopic (exact) mass is 949 g/mol. The number of allylic oxidation sites excluding steroid dienone is 2. The van der Waals surface area contributed by atoms with Gasteiger partial charge in [-0.05, 0) is 63.9 Å². The number of nitrogens with two attached hydrogens (primary N) is 2. The van der Waals surface area contributed by atoms with Crippen molar-refractivity contribution in [3.63, 3.8) is 0 Å². The SMILES string of the molecule is CCc1nc(C)sc1C(=O)Nc1nc2cc(C(N)=O)cc(OCCCN(C)C(=O)CC[N+]3([O-])C=CC3=O)c2n1C/C=C/Cn1c(NC(=O)c2cc(C)nn2CC)nc2cc(C(N)=O)cc(OC)c21. The quantitative estimate of drug-likeness (QED) is 0.0341. The number of nitrogens with zero attached hydrogens (tertiary/aromatic N) is 9. The molecule has 0 radical (unpaired) electrons. The lowest BCUT2D eigenvalue weighted by Crippen LogP contribution is -2.49. The number of benzene rings is 2. The van der Waals surface area contributed by atoms with Gasteiger partial charge in [0.2, 0.25) is 29.6 Å². The third-order valence-corrected chi connectivity index (χ3v) is 12.2. The Morgan fingerprint density at radius 1 is 0.882 bits per heavy atom. The van der Waals surface area contributed by atoms with E-state index in [4.69, 9.17) is 25.9 Å². The van der Waals surface area contributed by atoms with Gasteiger partial charge in [-0.1, -0.05) is 19.1 Å². The molecule has 356 valence electrons. The van der Waals surface area contributed by atoms with Gasteiger partial charge >= 0.3 is 5.91 Å².